The number of nitrogens with one attached hydrogen (secondary N) is 1. The van der Waals surface area contributed by atoms with Gasteiger partial charge in [-0.25, -0.2) is 0 Å². The third kappa shape index (κ3) is 5.75. The Kier molecular flexibility index (Phi) is 7.71. The molecule has 4 aromatic rings. The van der Waals surface area contributed by atoms with E-state index in [9.17, 15) is 4.79 Å². The summed E-state index contributed by atoms with van der Waals surface area (Å²) in [7, 11) is 0. The summed E-state index contributed by atoms with van der Waals surface area (Å²) in [5.74, 6) is 0.0402. The number of nitrogens with zero attached hydrogens (tertiary/aromatic N) is 2. The van der Waals surface area contributed by atoms with Crippen LogP contribution in [0.5, 0.6) is 0 Å². The molecule has 0 saturated carbocycles. The zero-order chi connectivity index (χ0) is 25.7. The second kappa shape index (κ2) is 11.1. The van der Waals surface area contributed by atoms with Gasteiger partial charge in [-0.05, 0) is 86.2 Å². The number of nitriles is 1. The molecular formula is C32H33N3O. The minimum absolute atomic E-state index is 0.0402. The Hall–Kier alpha value is -4.10. The Morgan fingerprint density at radius 2 is 1.58 bits per heavy atom. The van der Waals surface area contributed by atoms with Crippen LogP contribution in [0.1, 0.15) is 45.5 Å². The second-order valence-corrected chi connectivity index (χ2v) is 9.56. The van der Waals surface area contributed by atoms with Crippen molar-refractivity contribution in [1.29, 1.82) is 5.26 Å². The molecule has 4 rings (SSSR count). The van der Waals surface area contributed by atoms with Gasteiger partial charge in [-0.3, -0.25) is 4.79 Å². The normalized spacial score (nSPS) is 10.8. The lowest BCUT2D eigenvalue weighted by atomic mass is 10.0. The van der Waals surface area contributed by atoms with Crippen LogP contribution in [0, 0.1) is 39.0 Å². The highest BCUT2D eigenvalue weighted by Crippen LogP contribution is 2.30. The second-order valence-electron chi connectivity index (χ2n) is 9.56. The van der Waals surface area contributed by atoms with Gasteiger partial charge in [0.1, 0.15) is 0 Å². The highest BCUT2D eigenvalue weighted by Gasteiger charge is 2.15. The van der Waals surface area contributed by atoms with Crippen LogP contribution in [-0.4, -0.2) is 10.5 Å². The van der Waals surface area contributed by atoms with E-state index in [1.54, 1.807) is 0 Å². The summed E-state index contributed by atoms with van der Waals surface area (Å²) in [6, 6.07) is 27.4. The fraction of sp³-hybridized carbons (Fsp3) is 0.250. The van der Waals surface area contributed by atoms with E-state index in [2.05, 4.69) is 104 Å². The topological polar surface area (TPSA) is 57.8 Å². The van der Waals surface area contributed by atoms with E-state index >= 15 is 0 Å². The largest absolute Gasteiger partial charge is 0.352 e. The van der Waals surface area contributed by atoms with Gasteiger partial charge in [0.25, 0.3) is 0 Å². The van der Waals surface area contributed by atoms with Crippen molar-refractivity contribution in [3.05, 3.63) is 112 Å². The average molecular weight is 476 g/mol. The molecule has 182 valence electrons. The first kappa shape index (κ1) is 25.0. The van der Waals surface area contributed by atoms with Crippen LogP contribution < -0.4 is 5.32 Å². The third-order valence-corrected chi connectivity index (χ3v) is 6.77. The molecule has 0 atom stereocenters. The van der Waals surface area contributed by atoms with Gasteiger partial charge in [0.05, 0.1) is 18.2 Å². The monoisotopic (exact) mass is 475 g/mol. The molecule has 3 aromatic carbocycles. The Morgan fingerprint density at radius 3 is 2.28 bits per heavy atom. The fourth-order valence-corrected chi connectivity index (χ4v) is 4.59. The van der Waals surface area contributed by atoms with Crippen LogP contribution in [0.2, 0.25) is 0 Å². The molecule has 1 amide bonds. The van der Waals surface area contributed by atoms with E-state index in [-0.39, 0.29) is 5.91 Å². The van der Waals surface area contributed by atoms with Crippen LogP contribution in [0.15, 0.2) is 72.8 Å². The molecule has 1 aromatic heterocycles. The van der Waals surface area contributed by atoms with Gasteiger partial charge < -0.3 is 9.88 Å². The maximum atomic E-state index is 12.7. The number of hydrogen-bond acceptors (Lipinski definition) is 2. The lowest BCUT2D eigenvalue weighted by Crippen LogP contribution is -2.23. The van der Waals surface area contributed by atoms with Crippen molar-refractivity contribution in [3.8, 4) is 23.0 Å². The molecule has 0 saturated heterocycles. The standard InChI is InChI=1S/C32H33N3O/c1-22-5-14-30(25(4)19-22)31-15-12-29(35(31)28-10-8-26(9-11-28)17-18-33)13-16-32(36)34-21-27-7-6-23(2)24(3)20-27/h5-12,14-15,19-20H,13,16-17,21H2,1-4H3,(H,34,36). The number of benzene rings is 3. The van der Waals surface area contributed by atoms with Gasteiger partial charge in [-0.1, -0.05) is 54.1 Å². The van der Waals surface area contributed by atoms with E-state index in [4.69, 9.17) is 5.26 Å². The van der Waals surface area contributed by atoms with E-state index in [1.165, 1.54) is 27.8 Å². The van der Waals surface area contributed by atoms with Crippen LogP contribution >= 0.6 is 0 Å². The number of hydrogen-bond donors (Lipinski definition) is 1. The first-order chi connectivity index (χ1) is 17.4. The van der Waals surface area contributed by atoms with E-state index in [1.807, 2.05) is 12.1 Å². The molecule has 36 heavy (non-hydrogen) atoms. The quantitative estimate of drug-likeness (QED) is 0.308. The van der Waals surface area contributed by atoms with Crippen LogP contribution in [-0.2, 0) is 24.2 Å². The first-order valence-corrected chi connectivity index (χ1v) is 12.4. The van der Waals surface area contributed by atoms with Crippen molar-refractivity contribution >= 4 is 5.91 Å². The van der Waals surface area contributed by atoms with Crippen molar-refractivity contribution in [2.75, 3.05) is 0 Å². The number of aromatic nitrogens is 1. The molecule has 0 spiro atoms. The lowest BCUT2D eigenvalue weighted by Gasteiger charge is -2.16. The Balaban J connectivity index is 1.57. The van der Waals surface area contributed by atoms with Gasteiger partial charge in [0.2, 0.25) is 5.91 Å². The highest BCUT2D eigenvalue weighted by atomic mass is 16.1. The SMILES string of the molecule is Cc1ccc(-c2ccc(CCC(=O)NCc3ccc(C)c(C)c3)n2-c2ccc(CC#N)cc2)c(C)c1. The third-order valence-electron chi connectivity index (χ3n) is 6.77. The van der Waals surface area contributed by atoms with E-state index < -0.39 is 0 Å². The Labute approximate surface area is 214 Å². The summed E-state index contributed by atoms with van der Waals surface area (Å²) in [6.07, 6.45) is 1.43. The first-order valence-electron chi connectivity index (χ1n) is 12.4. The van der Waals surface area contributed by atoms with Crippen molar-refractivity contribution in [2.45, 2.75) is 53.5 Å². The molecule has 1 N–H and O–H groups in total. The molecule has 0 aliphatic carbocycles. The van der Waals surface area contributed by atoms with Gasteiger partial charge in [0.15, 0.2) is 0 Å². The summed E-state index contributed by atoms with van der Waals surface area (Å²) < 4.78 is 2.24. The van der Waals surface area contributed by atoms with Crippen molar-refractivity contribution in [2.24, 2.45) is 0 Å². The van der Waals surface area contributed by atoms with Crippen LogP contribution in [0.3, 0.4) is 0 Å². The van der Waals surface area contributed by atoms with E-state index in [0.29, 0.717) is 25.8 Å². The van der Waals surface area contributed by atoms with Crippen molar-refractivity contribution in [3.63, 3.8) is 0 Å². The maximum absolute atomic E-state index is 12.7. The van der Waals surface area contributed by atoms with Gasteiger partial charge >= 0.3 is 0 Å². The van der Waals surface area contributed by atoms with Crippen LogP contribution in [0.25, 0.3) is 16.9 Å². The van der Waals surface area contributed by atoms with Gasteiger partial charge in [-0.15, -0.1) is 0 Å². The smallest absolute Gasteiger partial charge is 0.220 e. The zero-order valence-corrected chi connectivity index (χ0v) is 21.6. The number of carbonyl (C=O) groups is 1. The Bertz CT molecular complexity index is 1420. The highest BCUT2D eigenvalue weighted by molar-refractivity contribution is 5.76. The summed E-state index contributed by atoms with van der Waals surface area (Å²) in [6.45, 7) is 8.96. The number of aryl methyl sites for hydroxylation is 5. The minimum atomic E-state index is 0.0402. The van der Waals surface area contributed by atoms with Crippen molar-refractivity contribution < 1.29 is 4.79 Å². The van der Waals surface area contributed by atoms with Crippen LogP contribution in [0.4, 0.5) is 0 Å². The van der Waals surface area contributed by atoms with E-state index in [0.717, 1.165) is 28.2 Å². The molecule has 0 aliphatic rings. The molecule has 0 unspecified atom stereocenters. The average Bonchev–Trinajstić information content (AvgIpc) is 3.27. The molecule has 0 aliphatic heterocycles. The maximum Gasteiger partial charge on any atom is 0.220 e. The molecule has 1 heterocycles. The molecule has 0 fully saturated rings. The molecule has 0 radical (unpaired) electrons. The fourth-order valence-electron chi connectivity index (χ4n) is 4.59. The summed E-state index contributed by atoms with van der Waals surface area (Å²) >= 11 is 0. The van der Waals surface area contributed by atoms with Gasteiger partial charge in [-0.2, -0.15) is 5.26 Å². The predicted molar refractivity (Wildman–Crippen MR) is 146 cm³/mol. The molecule has 4 nitrogen and oxygen atoms in total. The molecule has 0 bridgehead atoms. The zero-order valence-electron chi connectivity index (χ0n) is 21.6. The molecule has 4 heteroatoms. The van der Waals surface area contributed by atoms with Gasteiger partial charge in [0, 0.05) is 29.9 Å². The summed E-state index contributed by atoms with van der Waals surface area (Å²) in [4.78, 5) is 12.7. The minimum Gasteiger partial charge on any atom is -0.352 e. The number of amides is 1. The van der Waals surface area contributed by atoms with Crippen molar-refractivity contribution in [1.82, 2.24) is 9.88 Å². The summed E-state index contributed by atoms with van der Waals surface area (Å²) in [5.41, 5.74) is 11.4. The summed E-state index contributed by atoms with van der Waals surface area (Å²) in [5, 5.41) is 12.1. The predicted octanol–water partition coefficient (Wildman–Crippen LogP) is 6.69. The number of carbonyl (C=O) groups excluding carboxylic acids is 1. The lowest BCUT2D eigenvalue weighted by molar-refractivity contribution is -0.121. The number of rotatable bonds is 8. The molecular weight excluding hydrogens is 442 g/mol. The Morgan fingerprint density at radius 1 is 0.833 bits per heavy atom.